The van der Waals surface area contributed by atoms with Crippen molar-refractivity contribution in [2.75, 3.05) is 30.8 Å². The number of rotatable bonds is 3. The number of thioether (sulfide) groups is 1. The number of benzene rings is 1. The molecule has 0 radical (unpaired) electrons. The highest BCUT2D eigenvalue weighted by atomic mass is 32.2. The van der Waals surface area contributed by atoms with Gasteiger partial charge in [-0.05, 0) is 44.2 Å². The molecule has 7 heteroatoms. The Morgan fingerprint density at radius 2 is 1.75 bits per heavy atom. The minimum Gasteiger partial charge on any atom is -0.307 e. The fourth-order valence-corrected chi connectivity index (χ4v) is 5.53. The molecule has 3 aromatic rings. The first-order chi connectivity index (χ1) is 13.7. The van der Waals surface area contributed by atoms with Crippen molar-refractivity contribution in [1.29, 1.82) is 0 Å². The number of nitrogens with zero attached hydrogens (tertiary/aromatic N) is 5. The van der Waals surface area contributed by atoms with Crippen LogP contribution in [-0.2, 0) is 4.79 Å². The van der Waals surface area contributed by atoms with Gasteiger partial charge in [-0.1, -0.05) is 18.2 Å². The van der Waals surface area contributed by atoms with Crippen molar-refractivity contribution in [1.82, 2.24) is 19.2 Å². The molecule has 0 atom stereocenters. The molecule has 2 fully saturated rings. The van der Waals surface area contributed by atoms with Crippen molar-refractivity contribution >= 4 is 23.4 Å². The summed E-state index contributed by atoms with van der Waals surface area (Å²) in [6, 6.07) is 14.1. The summed E-state index contributed by atoms with van der Waals surface area (Å²) < 4.78 is 3.97. The number of hydrogen-bond acceptors (Lipinski definition) is 4. The summed E-state index contributed by atoms with van der Waals surface area (Å²) in [4.78, 5) is 17.2. The fourth-order valence-electron chi connectivity index (χ4n) is 4.21. The summed E-state index contributed by atoms with van der Waals surface area (Å²) in [6.07, 6.45) is 7.82. The van der Waals surface area contributed by atoms with Crippen LogP contribution in [-0.4, -0.2) is 55.9 Å². The Bertz CT molecular complexity index is 974. The molecule has 6 nitrogen and oxygen atoms in total. The van der Waals surface area contributed by atoms with Crippen molar-refractivity contribution in [3.8, 4) is 11.5 Å². The van der Waals surface area contributed by atoms with Crippen LogP contribution in [0.15, 0.2) is 61.1 Å². The maximum atomic E-state index is 13.0. The molecule has 0 N–H and O–H groups in total. The molecule has 1 amide bonds. The Hall–Kier alpha value is -2.51. The van der Waals surface area contributed by atoms with E-state index in [1.807, 2.05) is 75.2 Å². The molecule has 28 heavy (non-hydrogen) atoms. The number of hydrogen-bond donors (Lipinski definition) is 0. The second-order valence-corrected chi connectivity index (χ2v) is 8.80. The summed E-state index contributed by atoms with van der Waals surface area (Å²) in [5.74, 6) is 1.62. The first-order valence-electron chi connectivity index (χ1n) is 9.60. The first kappa shape index (κ1) is 17.6. The molecule has 0 aliphatic carbocycles. The minimum absolute atomic E-state index is 0.171. The summed E-state index contributed by atoms with van der Waals surface area (Å²) in [6.45, 7) is 2.00. The lowest BCUT2D eigenvalue weighted by atomic mass is 10.0. The highest BCUT2D eigenvalue weighted by Gasteiger charge is 2.49. The van der Waals surface area contributed by atoms with Gasteiger partial charge in [-0.2, -0.15) is 5.10 Å². The van der Waals surface area contributed by atoms with Crippen molar-refractivity contribution < 1.29 is 4.79 Å². The molecule has 2 aliphatic rings. The smallest absolute Gasteiger partial charge is 0.238 e. The Labute approximate surface area is 168 Å². The highest BCUT2D eigenvalue weighted by Crippen LogP contribution is 2.48. The molecule has 5 rings (SSSR count). The number of anilines is 1. The summed E-state index contributed by atoms with van der Waals surface area (Å²) >= 11 is 1.79. The third-order valence-electron chi connectivity index (χ3n) is 5.71. The zero-order valence-corrected chi connectivity index (χ0v) is 16.7. The molecular formula is C21H23N5OS. The number of carbonyl (C=O) groups excluding carboxylic acids is 1. The molecule has 2 saturated heterocycles. The highest BCUT2D eigenvalue weighted by molar-refractivity contribution is 8.02. The van der Waals surface area contributed by atoms with E-state index in [2.05, 4.69) is 11.9 Å². The number of amides is 1. The monoisotopic (exact) mass is 393 g/mol. The van der Waals surface area contributed by atoms with Crippen molar-refractivity contribution in [2.24, 2.45) is 0 Å². The molecule has 2 aliphatic heterocycles. The Morgan fingerprint density at radius 3 is 2.46 bits per heavy atom. The largest absolute Gasteiger partial charge is 0.307 e. The van der Waals surface area contributed by atoms with Crippen LogP contribution in [0.25, 0.3) is 11.5 Å². The van der Waals surface area contributed by atoms with E-state index >= 15 is 0 Å². The standard InChI is InChI=1S/C21H23N5OS/c1-23-13-9-21(10-14-23)25(19(27)16-28-21)18-15-22-26(17-7-3-2-4-8-17)20(18)24-11-5-6-12-24/h2-8,11-12,15H,9-10,13-14,16H2,1H3. The predicted octanol–water partition coefficient (Wildman–Crippen LogP) is 3.16. The number of para-hydroxylation sites is 1. The van der Waals surface area contributed by atoms with Gasteiger partial charge in [0.25, 0.3) is 0 Å². The number of piperidine rings is 1. The van der Waals surface area contributed by atoms with E-state index in [-0.39, 0.29) is 10.8 Å². The number of likely N-dealkylation sites (tertiary alicyclic amines) is 1. The topological polar surface area (TPSA) is 46.3 Å². The average molecular weight is 394 g/mol. The minimum atomic E-state index is -0.171. The summed E-state index contributed by atoms with van der Waals surface area (Å²) in [5.41, 5.74) is 1.87. The van der Waals surface area contributed by atoms with E-state index in [4.69, 9.17) is 5.10 Å². The van der Waals surface area contributed by atoms with Crippen molar-refractivity contribution in [3.63, 3.8) is 0 Å². The normalized spacial score (nSPS) is 19.6. The lowest BCUT2D eigenvalue weighted by molar-refractivity contribution is -0.116. The molecule has 0 saturated carbocycles. The van der Waals surface area contributed by atoms with E-state index in [1.54, 1.807) is 11.8 Å². The van der Waals surface area contributed by atoms with Crippen LogP contribution in [0.4, 0.5) is 5.69 Å². The Kier molecular flexibility index (Phi) is 4.29. The van der Waals surface area contributed by atoms with Crippen LogP contribution in [0.3, 0.4) is 0 Å². The predicted molar refractivity (Wildman–Crippen MR) is 112 cm³/mol. The van der Waals surface area contributed by atoms with Crippen molar-refractivity contribution in [2.45, 2.75) is 17.7 Å². The maximum absolute atomic E-state index is 13.0. The van der Waals surface area contributed by atoms with Crippen LogP contribution in [0, 0.1) is 0 Å². The number of carbonyl (C=O) groups is 1. The zero-order valence-electron chi connectivity index (χ0n) is 15.9. The molecule has 2 aromatic heterocycles. The van der Waals surface area contributed by atoms with Gasteiger partial charge in [0.2, 0.25) is 5.91 Å². The van der Waals surface area contributed by atoms with Gasteiger partial charge >= 0.3 is 0 Å². The van der Waals surface area contributed by atoms with Gasteiger partial charge in [0, 0.05) is 25.5 Å². The second kappa shape index (κ2) is 6.83. The van der Waals surface area contributed by atoms with Gasteiger partial charge in [-0.15, -0.1) is 11.8 Å². The lowest BCUT2D eigenvalue weighted by Gasteiger charge is -2.42. The third kappa shape index (κ3) is 2.77. The molecule has 0 unspecified atom stereocenters. The summed E-state index contributed by atoms with van der Waals surface area (Å²) in [5, 5.41) is 4.70. The van der Waals surface area contributed by atoms with Gasteiger partial charge in [-0.25, -0.2) is 4.68 Å². The van der Waals surface area contributed by atoms with E-state index in [1.165, 1.54) is 0 Å². The van der Waals surface area contributed by atoms with E-state index in [0.717, 1.165) is 43.1 Å². The average Bonchev–Trinajstić information content (AvgIpc) is 3.44. The maximum Gasteiger partial charge on any atom is 0.238 e. The summed E-state index contributed by atoms with van der Waals surface area (Å²) in [7, 11) is 2.15. The van der Waals surface area contributed by atoms with E-state index < -0.39 is 0 Å². The van der Waals surface area contributed by atoms with Crippen LogP contribution in [0.2, 0.25) is 0 Å². The first-order valence-corrected chi connectivity index (χ1v) is 10.6. The quantitative estimate of drug-likeness (QED) is 0.686. The van der Waals surface area contributed by atoms with Gasteiger partial charge in [-0.3, -0.25) is 9.69 Å². The zero-order chi connectivity index (χ0) is 19.1. The van der Waals surface area contributed by atoms with Crippen LogP contribution in [0.5, 0.6) is 0 Å². The van der Waals surface area contributed by atoms with Gasteiger partial charge in [0.15, 0.2) is 5.82 Å². The van der Waals surface area contributed by atoms with Gasteiger partial charge < -0.3 is 9.47 Å². The number of aromatic nitrogens is 3. The molecular weight excluding hydrogens is 370 g/mol. The fraction of sp³-hybridized carbons (Fsp3) is 0.333. The van der Waals surface area contributed by atoms with Crippen LogP contribution in [0.1, 0.15) is 12.8 Å². The molecule has 144 valence electrons. The van der Waals surface area contributed by atoms with Crippen LogP contribution < -0.4 is 4.90 Å². The molecule has 1 spiro atoms. The molecule has 1 aromatic carbocycles. The third-order valence-corrected chi connectivity index (χ3v) is 7.22. The Morgan fingerprint density at radius 1 is 1.04 bits per heavy atom. The van der Waals surface area contributed by atoms with Crippen LogP contribution >= 0.6 is 11.8 Å². The Balaban J connectivity index is 1.66. The second-order valence-electron chi connectivity index (χ2n) is 7.46. The van der Waals surface area contributed by atoms with Gasteiger partial charge in [0.05, 0.1) is 22.5 Å². The molecule has 0 bridgehead atoms. The molecule has 4 heterocycles. The van der Waals surface area contributed by atoms with Crippen molar-refractivity contribution in [3.05, 3.63) is 61.1 Å². The van der Waals surface area contributed by atoms with E-state index in [9.17, 15) is 4.79 Å². The lowest BCUT2D eigenvalue weighted by Crippen LogP contribution is -2.51. The van der Waals surface area contributed by atoms with E-state index in [0.29, 0.717) is 5.75 Å². The SMILES string of the molecule is CN1CCC2(CC1)SCC(=O)N2c1cnn(-c2ccccc2)c1-n1cccc1. The van der Waals surface area contributed by atoms with Gasteiger partial charge in [0.1, 0.15) is 5.69 Å².